The Hall–Kier alpha value is -2.87. The second kappa shape index (κ2) is 5.97. The number of urea groups is 1. The second-order valence-electron chi connectivity index (χ2n) is 6.40. The van der Waals surface area contributed by atoms with Gasteiger partial charge < -0.3 is 4.90 Å². The molecule has 1 aromatic heterocycles. The van der Waals surface area contributed by atoms with Crippen LogP contribution in [0.1, 0.15) is 25.1 Å². The van der Waals surface area contributed by atoms with E-state index in [1.807, 2.05) is 19.9 Å². The lowest BCUT2D eigenvalue weighted by Crippen LogP contribution is -2.38. The molecule has 3 rings (SSSR count). The number of anilines is 1. The Bertz CT molecular complexity index is 816. The van der Waals surface area contributed by atoms with Crippen LogP contribution in [0.3, 0.4) is 0 Å². The summed E-state index contributed by atoms with van der Waals surface area (Å²) in [6, 6.07) is 9.58. The van der Waals surface area contributed by atoms with Gasteiger partial charge in [0.15, 0.2) is 0 Å². The molecule has 1 fully saturated rings. The number of benzene rings is 1. The van der Waals surface area contributed by atoms with E-state index in [9.17, 15) is 9.18 Å². The van der Waals surface area contributed by atoms with Crippen LogP contribution < -0.4 is 4.90 Å². The zero-order chi connectivity index (χ0) is 17.3. The van der Waals surface area contributed by atoms with E-state index >= 15 is 0 Å². The first kappa shape index (κ1) is 16.0. The molecular formula is C19H18FN3O. The predicted molar refractivity (Wildman–Crippen MR) is 91.2 cm³/mol. The van der Waals surface area contributed by atoms with Crippen molar-refractivity contribution in [1.29, 1.82) is 0 Å². The number of pyridine rings is 1. The van der Waals surface area contributed by atoms with Gasteiger partial charge >= 0.3 is 6.03 Å². The van der Waals surface area contributed by atoms with Crippen LogP contribution in [0.5, 0.6) is 0 Å². The van der Waals surface area contributed by atoms with Gasteiger partial charge in [-0.3, -0.25) is 4.90 Å². The van der Waals surface area contributed by atoms with E-state index in [-0.39, 0.29) is 17.4 Å². The lowest BCUT2D eigenvalue weighted by Gasteiger charge is -2.24. The van der Waals surface area contributed by atoms with Crippen molar-refractivity contribution in [3.05, 3.63) is 59.7 Å². The number of hydrogen-bond acceptors (Lipinski definition) is 2. The molecule has 24 heavy (non-hydrogen) atoms. The third kappa shape index (κ3) is 3.09. The summed E-state index contributed by atoms with van der Waals surface area (Å²) in [6.45, 7) is 4.67. The number of carbonyl (C=O) groups is 1. The van der Waals surface area contributed by atoms with Gasteiger partial charge in [-0.15, -0.1) is 0 Å². The van der Waals surface area contributed by atoms with Crippen molar-refractivity contribution in [1.82, 2.24) is 9.88 Å². The van der Waals surface area contributed by atoms with Crippen LogP contribution in [0.4, 0.5) is 14.9 Å². The van der Waals surface area contributed by atoms with Gasteiger partial charge in [0.05, 0.1) is 24.0 Å². The van der Waals surface area contributed by atoms with Crippen LogP contribution >= 0.6 is 0 Å². The van der Waals surface area contributed by atoms with Crippen LogP contribution in [0.15, 0.2) is 42.6 Å². The topological polar surface area (TPSA) is 36.4 Å². The highest BCUT2D eigenvalue weighted by molar-refractivity contribution is 5.94. The molecule has 0 aliphatic carbocycles. The van der Waals surface area contributed by atoms with E-state index in [0.29, 0.717) is 12.2 Å². The molecule has 0 radical (unpaired) electrons. The minimum atomic E-state index is -0.286. The minimum Gasteiger partial charge on any atom is -0.320 e. The Morgan fingerprint density at radius 1 is 1.12 bits per heavy atom. The Kier molecular flexibility index (Phi) is 3.98. The second-order valence-corrected chi connectivity index (χ2v) is 6.40. The molecule has 0 atom stereocenters. The largest absolute Gasteiger partial charge is 0.324 e. The summed E-state index contributed by atoms with van der Waals surface area (Å²) in [4.78, 5) is 20.1. The maximum absolute atomic E-state index is 12.9. The monoisotopic (exact) mass is 323 g/mol. The fraction of sp³-hybridized carbons (Fsp3) is 0.263. The number of amides is 2. The van der Waals surface area contributed by atoms with Gasteiger partial charge in [0.2, 0.25) is 0 Å². The minimum absolute atomic E-state index is 0.0352. The lowest BCUT2D eigenvalue weighted by atomic mass is 10.1. The first-order valence-electron chi connectivity index (χ1n) is 7.66. The molecule has 2 heterocycles. The summed E-state index contributed by atoms with van der Waals surface area (Å²) in [6.07, 6.45) is 1.65. The van der Waals surface area contributed by atoms with Gasteiger partial charge in [0.25, 0.3) is 0 Å². The van der Waals surface area contributed by atoms with Gasteiger partial charge in [0.1, 0.15) is 11.5 Å². The van der Waals surface area contributed by atoms with Gasteiger partial charge in [-0.1, -0.05) is 5.92 Å². The average molecular weight is 323 g/mol. The summed E-state index contributed by atoms with van der Waals surface area (Å²) in [5.74, 6) is 5.59. The molecule has 4 nitrogen and oxygen atoms in total. The van der Waals surface area contributed by atoms with Gasteiger partial charge in [-0.05, 0) is 56.2 Å². The third-order valence-corrected chi connectivity index (χ3v) is 4.21. The number of hydrogen-bond donors (Lipinski definition) is 0. The first-order chi connectivity index (χ1) is 11.4. The Balaban J connectivity index is 1.77. The van der Waals surface area contributed by atoms with E-state index in [1.54, 1.807) is 41.2 Å². The van der Waals surface area contributed by atoms with Gasteiger partial charge in [0, 0.05) is 12.6 Å². The number of carbonyl (C=O) groups excluding carboxylic acids is 1. The molecule has 0 spiro atoms. The van der Waals surface area contributed by atoms with E-state index < -0.39 is 0 Å². The Morgan fingerprint density at radius 2 is 1.83 bits per heavy atom. The number of halogens is 1. The number of likely N-dealkylation sites (N-methyl/N-ethyl adjacent to an activating group) is 1. The van der Waals surface area contributed by atoms with E-state index in [1.165, 1.54) is 12.1 Å². The smallest absolute Gasteiger partial charge is 0.320 e. The summed E-state index contributed by atoms with van der Waals surface area (Å²) in [5, 5.41) is 0. The van der Waals surface area contributed by atoms with Gasteiger partial charge in [-0.25, -0.2) is 14.2 Å². The molecule has 0 saturated carbocycles. The highest BCUT2D eigenvalue weighted by Gasteiger charge is 2.41. The predicted octanol–water partition coefficient (Wildman–Crippen LogP) is 3.27. The van der Waals surface area contributed by atoms with E-state index in [0.717, 1.165) is 11.3 Å². The normalized spacial score (nSPS) is 16.1. The van der Waals surface area contributed by atoms with Crippen LogP contribution in [0, 0.1) is 17.7 Å². The molecule has 0 unspecified atom stereocenters. The van der Waals surface area contributed by atoms with Crippen LogP contribution in [0.2, 0.25) is 0 Å². The molecule has 1 saturated heterocycles. The molecule has 2 amide bonds. The molecule has 1 aliphatic heterocycles. The highest BCUT2D eigenvalue weighted by Crippen LogP contribution is 2.28. The maximum Gasteiger partial charge on any atom is 0.324 e. The van der Waals surface area contributed by atoms with Crippen molar-refractivity contribution in [3.63, 3.8) is 0 Å². The summed E-state index contributed by atoms with van der Waals surface area (Å²) in [5.41, 5.74) is 1.87. The molecule has 122 valence electrons. The van der Waals surface area contributed by atoms with Gasteiger partial charge in [-0.2, -0.15) is 0 Å². The SMILES string of the molecule is CN1C(=O)N(c2ccc(C#Cc3ccc(F)cc3)nc2)CC1(C)C. The zero-order valence-corrected chi connectivity index (χ0v) is 13.9. The molecular weight excluding hydrogens is 305 g/mol. The van der Waals surface area contributed by atoms with Crippen molar-refractivity contribution in [3.8, 4) is 11.8 Å². The first-order valence-corrected chi connectivity index (χ1v) is 7.66. The van der Waals surface area contributed by atoms with Crippen molar-refractivity contribution in [2.24, 2.45) is 0 Å². The Morgan fingerprint density at radius 3 is 2.38 bits per heavy atom. The van der Waals surface area contributed by atoms with Crippen molar-refractivity contribution in [2.45, 2.75) is 19.4 Å². The quantitative estimate of drug-likeness (QED) is 0.755. The molecule has 2 aromatic rings. The average Bonchev–Trinajstić information content (AvgIpc) is 2.78. The fourth-order valence-electron chi connectivity index (χ4n) is 2.49. The number of nitrogens with zero attached hydrogens (tertiary/aromatic N) is 3. The molecule has 1 aliphatic rings. The highest BCUT2D eigenvalue weighted by atomic mass is 19.1. The van der Waals surface area contributed by atoms with Crippen molar-refractivity contribution < 1.29 is 9.18 Å². The maximum atomic E-state index is 12.9. The van der Waals surface area contributed by atoms with E-state index in [2.05, 4.69) is 16.8 Å². The lowest BCUT2D eigenvalue weighted by molar-refractivity contribution is 0.198. The third-order valence-electron chi connectivity index (χ3n) is 4.21. The van der Waals surface area contributed by atoms with Crippen LogP contribution in [0.25, 0.3) is 0 Å². The zero-order valence-electron chi connectivity index (χ0n) is 13.9. The summed E-state index contributed by atoms with van der Waals surface area (Å²) in [7, 11) is 1.80. The van der Waals surface area contributed by atoms with Crippen molar-refractivity contribution in [2.75, 3.05) is 18.5 Å². The van der Waals surface area contributed by atoms with Crippen LogP contribution in [-0.2, 0) is 0 Å². The van der Waals surface area contributed by atoms with E-state index in [4.69, 9.17) is 0 Å². The molecule has 1 aromatic carbocycles. The molecule has 0 N–H and O–H groups in total. The standard InChI is InChI=1S/C19H18FN3O/c1-19(2)13-23(18(24)22(19)3)17-11-10-16(21-12-17)9-6-14-4-7-15(20)8-5-14/h4-5,7-8,10-12H,13H2,1-3H3. The fourth-order valence-corrected chi connectivity index (χ4v) is 2.49. The summed E-state index contributed by atoms with van der Waals surface area (Å²) >= 11 is 0. The summed E-state index contributed by atoms with van der Waals surface area (Å²) < 4.78 is 12.9. The molecule has 0 bridgehead atoms. The molecule has 5 heteroatoms. The number of rotatable bonds is 1. The van der Waals surface area contributed by atoms with Crippen LogP contribution in [-0.4, -0.2) is 35.0 Å². The number of aromatic nitrogens is 1. The Labute approximate surface area is 140 Å². The van der Waals surface area contributed by atoms with Crippen molar-refractivity contribution >= 4 is 11.7 Å².